The lowest BCUT2D eigenvalue weighted by Gasteiger charge is -2.19. The van der Waals surface area contributed by atoms with E-state index in [-0.39, 0.29) is 18.2 Å². The van der Waals surface area contributed by atoms with Gasteiger partial charge in [0.25, 0.3) is 0 Å². The van der Waals surface area contributed by atoms with Gasteiger partial charge in [-0.25, -0.2) is 0 Å². The van der Waals surface area contributed by atoms with Crippen LogP contribution in [0.2, 0.25) is 0 Å². The van der Waals surface area contributed by atoms with Crippen LogP contribution in [0.15, 0.2) is 60.7 Å². The van der Waals surface area contributed by atoms with E-state index in [1.165, 1.54) is 63.4 Å². The molecule has 0 radical (unpaired) electrons. The smallest absolute Gasteiger partial charge is 0.306 e. The highest BCUT2D eigenvalue weighted by atomic mass is 16.5. The Bertz CT molecular complexity index is 744. The summed E-state index contributed by atoms with van der Waals surface area (Å²) >= 11 is 0. The fourth-order valence-electron chi connectivity index (χ4n) is 4.29. The van der Waals surface area contributed by atoms with Gasteiger partial charge in [0, 0.05) is 6.42 Å². The van der Waals surface area contributed by atoms with Crippen molar-refractivity contribution in [1.82, 2.24) is 0 Å². The summed E-state index contributed by atoms with van der Waals surface area (Å²) in [6.45, 7) is 4.80. The first-order valence-corrected chi connectivity index (χ1v) is 13.6. The van der Waals surface area contributed by atoms with Gasteiger partial charge in [-0.2, -0.15) is 0 Å². The molecule has 2 aromatic carbocycles. The minimum absolute atomic E-state index is 0.0915. The molecule has 0 N–H and O–H groups in total. The third kappa shape index (κ3) is 12.9. The zero-order valence-electron chi connectivity index (χ0n) is 21.6. The minimum Gasteiger partial charge on any atom is -0.458 e. The van der Waals surface area contributed by atoms with Crippen molar-refractivity contribution < 1.29 is 14.3 Å². The predicted molar refractivity (Wildman–Crippen MR) is 142 cm³/mol. The van der Waals surface area contributed by atoms with Crippen molar-refractivity contribution >= 4 is 5.97 Å². The molecular formula is C31H46O3. The molecule has 2 atom stereocenters. The van der Waals surface area contributed by atoms with E-state index in [1.807, 2.05) is 55.5 Å². The maximum absolute atomic E-state index is 12.5. The second kappa shape index (κ2) is 18.2. The van der Waals surface area contributed by atoms with Gasteiger partial charge in [0.2, 0.25) is 0 Å². The van der Waals surface area contributed by atoms with Gasteiger partial charge in [0.1, 0.15) is 6.10 Å². The van der Waals surface area contributed by atoms with Gasteiger partial charge in [0.05, 0.1) is 12.7 Å². The van der Waals surface area contributed by atoms with Gasteiger partial charge >= 0.3 is 5.97 Å². The zero-order valence-corrected chi connectivity index (χ0v) is 21.6. The second-order valence-corrected chi connectivity index (χ2v) is 9.47. The average Bonchev–Trinajstić information content (AvgIpc) is 2.87. The Morgan fingerprint density at radius 2 is 1.29 bits per heavy atom. The van der Waals surface area contributed by atoms with Crippen LogP contribution in [0.25, 0.3) is 0 Å². The van der Waals surface area contributed by atoms with E-state index < -0.39 is 0 Å². The lowest BCUT2D eigenvalue weighted by Crippen LogP contribution is -2.17. The Morgan fingerprint density at radius 1 is 0.735 bits per heavy atom. The number of benzene rings is 2. The third-order valence-electron chi connectivity index (χ3n) is 6.46. The van der Waals surface area contributed by atoms with Crippen LogP contribution in [0, 0.1) is 0 Å². The lowest BCUT2D eigenvalue weighted by atomic mass is 10.0. The molecule has 0 aliphatic heterocycles. The Balaban J connectivity index is 1.69. The molecule has 3 heteroatoms. The first-order chi connectivity index (χ1) is 16.7. The van der Waals surface area contributed by atoms with Crippen LogP contribution in [0.1, 0.15) is 115 Å². The molecule has 0 aromatic heterocycles. The summed E-state index contributed by atoms with van der Waals surface area (Å²) in [5.74, 6) is -0.146. The third-order valence-corrected chi connectivity index (χ3v) is 6.46. The molecule has 0 aliphatic carbocycles. The SMILES string of the molecule is CCCCCCCCCCCCC(CCC(=O)OC(C)c1ccccc1)OCc1ccccc1. The average molecular weight is 467 g/mol. The Morgan fingerprint density at radius 3 is 1.91 bits per heavy atom. The molecule has 0 heterocycles. The van der Waals surface area contributed by atoms with E-state index in [4.69, 9.17) is 9.47 Å². The van der Waals surface area contributed by atoms with E-state index in [9.17, 15) is 4.79 Å². The molecule has 0 saturated carbocycles. The second-order valence-electron chi connectivity index (χ2n) is 9.47. The van der Waals surface area contributed by atoms with Crippen LogP contribution >= 0.6 is 0 Å². The summed E-state index contributed by atoms with van der Waals surface area (Å²) < 4.78 is 11.9. The fraction of sp³-hybridized carbons (Fsp3) is 0.581. The molecule has 3 nitrogen and oxygen atoms in total. The number of rotatable bonds is 19. The molecule has 34 heavy (non-hydrogen) atoms. The van der Waals surface area contributed by atoms with E-state index in [2.05, 4.69) is 19.1 Å². The molecule has 0 saturated heterocycles. The van der Waals surface area contributed by atoms with Gasteiger partial charge in [-0.3, -0.25) is 4.79 Å². The van der Waals surface area contributed by atoms with E-state index in [1.54, 1.807) is 0 Å². The maximum atomic E-state index is 12.5. The summed E-state index contributed by atoms with van der Waals surface area (Å²) in [6, 6.07) is 20.2. The summed E-state index contributed by atoms with van der Waals surface area (Å²) in [5.41, 5.74) is 2.20. The monoisotopic (exact) mass is 466 g/mol. The quantitative estimate of drug-likeness (QED) is 0.153. The number of esters is 1. The van der Waals surface area contributed by atoms with Gasteiger partial charge in [-0.15, -0.1) is 0 Å². The summed E-state index contributed by atoms with van der Waals surface area (Å²) in [4.78, 5) is 12.5. The van der Waals surface area contributed by atoms with Gasteiger partial charge in [-0.1, -0.05) is 132 Å². The highest BCUT2D eigenvalue weighted by Crippen LogP contribution is 2.20. The molecule has 0 fully saturated rings. The molecular weight excluding hydrogens is 420 g/mol. The molecule has 2 rings (SSSR count). The number of ether oxygens (including phenoxy) is 2. The van der Waals surface area contributed by atoms with Crippen LogP contribution in [0.3, 0.4) is 0 Å². The van der Waals surface area contributed by atoms with Crippen molar-refractivity contribution in [2.24, 2.45) is 0 Å². The van der Waals surface area contributed by atoms with E-state index >= 15 is 0 Å². The number of carbonyl (C=O) groups excluding carboxylic acids is 1. The minimum atomic E-state index is -0.223. The fourth-order valence-corrected chi connectivity index (χ4v) is 4.29. The van der Waals surface area contributed by atoms with Crippen LogP contribution in [-0.4, -0.2) is 12.1 Å². The Hall–Kier alpha value is -2.13. The number of carbonyl (C=O) groups is 1. The standard InChI is InChI=1S/C31H46O3/c1-3-4-5-6-7-8-9-10-11-18-23-30(33-26-28-19-14-12-15-20-28)24-25-31(32)34-27(2)29-21-16-13-17-22-29/h12-17,19-22,27,30H,3-11,18,23-26H2,1-2H3. The van der Waals surface area contributed by atoms with Crippen molar-refractivity contribution in [3.8, 4) is 0 Å². The molecule has 0 aliphatic rings. The topological polar surface area (TPSA) is 35.5 Å². The van der Waals surface area contributed by atoms with Crippen molar-refractivity contribution in [1.29, 1.82) is 0 Å². The van der Waals surface area contributed by atoms with Crippen molar-refractivity contribution in [3.05, 3.63) is 71.8 Å². The molecule has 188 valence electrons. The first-order valence-electron chi connectivity index (χ1n) is 13.6. The number of hydrogen-bond acceptors (Lipinski definition) is 3. The van der Waals surface area contributed by atoms with Crippen molar-refractivity contribution in [3.63, 3.8) is 0 Å². The highest BCUT2D eigenvalue weighted by molar-refractivity contribution is 5.69. The van der Waals surface area contributed by atoms with Crippen LogP contribution in [0.5, 0.6) is 0 Å². The van der Waals surface area contributed by atoms with Crippen molar-refractivity contribution in [2.45, 2.75) is 116 Å². The van der Waals surface area contributed by atoms with Gasteiger partial charge in [0.15, 0.2) is 0 Å². The maximum Gasteiger partial charge on any atom is 0.306 e. The molecule has 0 amide bonds. The van der Waals surface area contributed by atoms with Gasteiger partial charge in [-0.05, 0) is 30.9 Å². The molecule has 0 spiro atoms. The van der Waals surface area contributed by atoms with Gasteiger partial charge < -0.3 is 9.47 Å². The predicted octanol–water partition coefficient (Wildman–Crippen LogP) is 8.97. The summed E-state index contributed by atoms with van der Waals surface area (Å²) in [7, 11) is 0. The number of unbranched alkanes of at least 4 members (excludes halogenated alkanes) is 9. The van der Waals surface area contributed by atoms with E-state index in [0.717, 1.165) is 18.4 Å². The Labute approximate surface area is 208 Å². The van der Waals surface area contributed by atoms with Crippen LogP contribution in [-0.2, 0) is 20.9 Å². The van der Waals surface area contributed by atoms with Crippen molar-refractivity contribution in [2.75, 3.05) is 0 Å². The normalized spacial score (nSPS) is 12.9. The molecule has 2 aromatic rings. The van der Waals surface area contributed by atoms with Crippen LogP contribution in [0.4, 0.5) is 0 Å². The summed E-state index contributed by atoms with van der Waals surface area (Å²) in [6.07, 6.45) is 15.3. The molecule has 0 bridgehead atoms. The van der Waals surface area contributed by atoms with E-state index in [0.29, 0.717) is 19.4 Å². The zero-order chi connectivity index (χ0) is 24.3. The molecule has 2 unspecified atom stereocenters. The highest BCUT2D eigenvalue weighted by Gasteiger charge is 2.16. The number of hydrogen-bond donors (Lipinski definition) is 0. The Kier molecular flexibility index (Phi) is 15.1. The first kappa shape index (κ1) is 28.1. The largest absolute Gasteiger partial charge is 0.458 e. The van der Waals surface area contributed by atoms with Crippen LogP contribution < -0.4 is 0 Å². The lowest BCUT2D eigenvalue weighted by molar-refractivity contribution is -0.149. The summed E-state index contributed by atoms with van der Waals surface area (Å²) in [5, 5.41) is 0.